The lowest BCUT2D eigenvalue weighted by atomic mass is 10.1. The van der Waals surface area contributed by atoms with Gasteiger partial charge in [-0.25, -0.2) is 0 Å². The molecule has 3 N–H and O–H groups in total. The highest BCUT2D eigenvalue weighted by Gasteiger charge is 2.15. The van der Waals surface area contributed by atoms with Crippen LogP contribution in [0.25, 0.3) is 0 Å². The van der Waals surface area contributed by atoms with Crippen molar-refractivity contribution >= 4 is 52.1 Å². The van der Waals surface area contributed by atoms with Crippen LogP contribution in [0.3, 0.4) is 0 Å². The van der Waals surface area contributed by atoms with Crippen molar-refractivity contribution in [3.8, 4) is 5.75 Å². The maximum Gasteiger partial charge on any atom is 0.257 e. The average Bonchev–Trinajstić information content (AvgIpc) is 2.42. The molecule has 0 bridgehead atoms. The van der Waals surface area contributed by atoms with Gasteiger partial charge < -0.3 is 15.8 Å². The van der Waals surface area contributed by atoms with Gasteiger partial charge in [0, 0.05) is 16.8 Å². The van der Waals surface area contributed by atoms with Crippen LogP contribution in [0.2, 0.25) is 15.1 Å². The van der Waals surface area contributed by atoms with E-state index in [1.165, 1.54) is 19.2 Å². The minimum atomic E-state index is -0.429. The number of hydrogen-bond donors (Lipinski definition) is 2. The first kappa shape index (κ1) is 15.8. The van der Waals surface area contributed by atoms with Crippen LogP contribution < -0.4 is 15.8 Å². The summed E-state index contributed by atoms with van der Waals surface area (Å²) in [5, 5.41) is 3.49. The van der Waals surface area contributed by atoms with Gasteiger partial charge in [-0.3, -0.25) is 4.79 Å². The lowest BCUT2D eigenvalue weighted by Crippen LogP contribution is -2.14. The fourth-order valence-corrected chi connectivity index (χ4v) is 2.63. The van der Waals surface area contributed by atoms with E-state index in [2.05, 4.69) is 5.32 Å². The number of ether oxygens (including phenoxy) is 1. The number of nitrogen functional groups attached to an aromatic ring is 1. The Hall–Kier alpha value is -1.62. The van der Waals surface area contributed by atoms with Gasteiger partial charge in [-0.15, -0.1) is 0 Å². The molecule has 0 aliphatic rings. The van der Waals surface area contributed by atoms with Gasteiger partial charge in [0.25, 0.3) is 5.91 Å². The zero-order chi connectivity index (χ0) is 15.6. The van der Waals surface area contributed by atoms with E-state index in [0.717, 1.165) is 0 Å². The first-order valence-electron chi connectivity index (χ1n) is 5.81. The molecule has 7 heteroatoms. The van der Waals surface area contributed by atoms with Crippen LogP contribution in [-0.4, -0.2) is 13.0 Å². The minimum absolute atomic E-state index is 0.243. The molecule has 0 aromatic heterocycles. The van der Waals surface area contributed by atoms with E-state index in [1.807, 2.05) is 0 Å². The van der Waals surface area contributed by atoms with Gasteiger partial charge in [-0.1, -0.05) is 34.8 Å². The van der Waals surface area contributed by atoms with E-state index in [0.29, 0.717) is 10.8 Å². The molecule has 21 heavy (non-hydrogen) atoms. The number of carbonyl (C=O) groups is 1. The summed E-state index contributed by atoms with van der Waals surface area (Å²) >= 11 is 17.9. The molecule has 2 aromatic carbocycles. The third kappa shape index (κ3) is 3.53. The van der Waals surface area contributed by atoms with Crippen molar-refractivity contribution in [2.24, 2.45) is 0 Å². The molecule has 0 fully saturated rings. The molecule has 0 aliphatic carbocycles. The van der Waals surface area contributed by atoms with Gasteiger partial charge in [0.1, 0.15) is 5.75 Å². The largest absolute Gasteiger partial charge is 0.497 e. The second-order valence-electron chi connectivity index (χ2n) is 4.15. The van der Waals surface area contributed by atoms with Crippen LogP contribution in [-0.2, 0) is 0 Å². The Morgan fingerprint density at radius 1 is 1.14 bits per heavy atom. The number of nitrogens with one attached hydrogen (secondary N) is 1. The molecule has 110 valence electrons. The predicted octanol–water partition coefficient (Wildman–Crippen LogP) is 4.49. The average molecular weight is 346 g/mol. The normalized spacial score (nSPS) is 10.3. The maximum absolute atomic E-state index is 12.2. The summed E-state index contributed by atoms with van der Waals surface area (Å²) in [6.07, 6.45) is 0. The Morgan fingerprint density at radius 2 is 1.76 bits per heavy atom. The molecule has 0 radical (unpaired) electrons. The Balaban J connectivity index is 2.30. The van der Waals surface area contributed by atoms with Gasteiger partial charge in [-0.05, 0) is 24.3 Å². The first-order valence-corrected chi connectivity index (χ1v) is 6.95. The summed E-state index contributed by atoms with van der Waals surface area (Å²) in [5.74, 6) is 0.132. The molecule has 0 heterocycles. The minimum Gasteiger partial charge on any atom is -0.497 e. The second-order valence-corrected chi connectivity index (χ2v) is 5.40. The molecule has 0 saturated heterocycles. The number of hydrogen-bond acceptors (Lipinski definition) is 3. The summed E-state index contributed by atoms with van der Waals surface area (Å²) in [6.45, 7) is 0. The smallest absolute Gasteiger partial charge is 0.257 e. The number of anilines is 2. The molecule has 2 rings (SSSR count). The standard InChI is InChI=1S/C14H11Cl3N2O2/c1-21-8-2-3-9(12(18)6-8)14(20)19-13-10(16)4-7(15)5-11(13)17/h2-6H,18H2,1H3,(H,19,20). The van der Waals surface area contributed by atoms with Crippen molar-refractivity contribution in [1.29, 1.82) is 0 Å². The van der Waals surface area contributed by atoms with Crippen molar-refractivity contribution in [1.82, 2.24) is 0 Å². The van der Waals surface area contributed by atoms with Gasteiger partial charge >= 0.3 is 0 Å². The van der Waals surface area contributed by atoms with Crippen molar-refractivity contribution in [3.05, 3.63) is 51.0 Å². The molecule has 0 saturated carbocycles. The molecule has 0 unspecified atom stereocenters. The fraction of sp³-hybridized carbons (Fsp3) is 0.0714. The van der Waals surface area contributed by atoms with Crippen LogP contribution in [0, 0.1) is 0 Å². The van der Waals surface area contributed by atoms with E-state index >= 15 is 0 Å². The molecule has 1 amide bonds. The molecule has 0 spiro atoms. The number of benzene rings is 2. The second kappa shape index (κ2) is 6.43. The monoisotopic (exact) mass is 344 g/mol. The number of halogens is 3. The Kier molecular flexibility index (Phi) is 4.83. The fourth-order valence-electron chi connectivity index (χ4n) is 1.72. The van der Waals surface area contributed by atoms with Crippen molar-refractivity contribution in [3.63, 3.8) is 0 Å². The van der Waals surface area contributed by atoms with Crippen LogP contribution in [0.1, 0.15) is 10.4 Å². The maximum atomic E-state index is 12.2. The molecule has 0 atom stereocenters. The number of nitrogens with two attached hydrogens (primary N) is 1. The highest BCUT2D eigenvalue weighted by molar-refractivity contribution is 6.42. The van der Waals surface area contributed by atoms with Crippen LogP contribution >= 0.6 is 34.8 Å². The van der Waals surface area contributed by atoms with Crippen LogP contribution in [0.5, 0.6) is 5.75 Å². The van der Waals surface area contributed by atoms with E-state index < -0.39 is 5.91 Å². The highest BCUT2D eigenvalue weighted by Crippen LogP contribution is 2.34. The number of rotatable bonds is 3. The van der Waals surface area contributed by atoms with E-state index in [1.54, 1.807) is 18.2 Å². The third-order valence-corrected chi connectivity index (χ3v) is 3.56. The quantitative estimate of drug-likeness (QED) is 0.806. The highest BCUT2D eigenvalue weighted by atomic mass is 35.5. The zero-order valence-electron chi connectivity index (χ0n) is 10.9. The first-order chi connectivity index (χ1) is 9.92. The molecular weight excluding hydrogens is 335 g/mol. The van der Waals surface area contributed by atoms with Crippen molar-refractivity contribution < 1.29 is 9.53 Å². The number of methoxy groups -OCH3 is 1. The van der Waals surface area contributed by atoms with Crippen LogP contribution in [0.4, 0.5) is 11.4 Å². The zero-order valence-corrected chi connectivity index (χ0v) is 13.2. The lowest BCUT2D eigenvalue weighted by Gasteiger charge is -2.11. The Labute approximate surface area is 136 Å². The molecular formula is C14H11Cl3N2O2. The molecule has 2 aromatic rings. The molecule has 0 aliphatic heterocycles. The summed E-state index contributed by atoms with van der Waals surface area (Å²) in [6, 6.07) is 7.72. The SMILES string of the molecule is COc1ccc(C(=O)Nc2c(Cl)cc(Cl)cc2Cl)c(N)c1. The summed E-state index contributed by atoms with van der Waals surface area (Å²) in [7, 11) is 1.52. The number of carbonyl (C=O) groups excluding carboxylic acids is 1. The lowest BCUT2D eigenvalue weighted by molar-refractivity contribution is 0.102. The van der Waals surface area contributed by atoms with E-state index in [9.17, 15) is 4.79 Å². The van der Waals surface area contributed by atoms with Gasteiger partial charge in [0.2, 0.25) is 0 Å². The van der Waals surface area contributed by atoms with Crippen LogP contribution in [0.15, 0.2) is 30.3 Å². The third-order valence-electron chi connectivity index (χ3n) is 2.75. The summed E-state index contributed by atoms with van der Waals surface area (Å²) in [5.41, 5.74) is 6.68. The Morgan fingerprint density at radius 3 is 2.29 bits per heavy atom. The Bertz CT molecular complexity index is 682. The van der Waals surface area contributed by atoms with Gasteiger partial charge in [0.05, 0.1) is 28.4 Å². The van der Waals surface area contributed by atoms with E-state index in [4.69, 9.17) is 45.3 Å². The topological polar surface area (TPSA) is 64.3 Å². The van der Waals surface area contributed by atoms with Gasteiger partial charge in [0.15, 0.2) is 0 Å². The van der Waals surface area contributed by atoms with E-state index in [-0.39, 0.29) is 27.0 Å². The summed E-state index contributed by atoms with van der Waals surface area (Å²) < 4.78 is 5.03. The predicted molar refractivity (Wildman–Crippen MR) is 86.8 cm³/mol. The summed E-state index contributed by atoms with van der Waals surface area (Å²) in [4.78, 5) is 12.2. The number of amides is 1. The van der Waals surface area contributed by atoms with Crippen molar-refractivity contribution in [2.45, 2.75) is 0 Å². The van der Waals surface area contributed by atoms with Gasteiger partial charge in [-0.2, -0.15) is 0 Å². The molecule has 4 nitrogen and oxygen atoms in total. The van der Waals surface area contributed by atoms with Crippen molar-refractivity contribution in [2.75, 3.05) is 18.2 Å².